The molecule has 0 unspecified atom stereocenters. The molecule has 0 saturated heterocycles. The third kappa shape index (κ3) is 3.51. The van der Waals surface area contributed by atoms with Gasteiger partial charge in [-0.25, -0.2) is 0 Å². The van der Waals surface area contributed by atoms with Crippen molar-refractivity contribution >= 4 is 17.6 Å². The van der Waals surface area contributed by atoms with E-state index in [4.69, 9.17) is 26.3 Å². The quantitative estimate of drug-likeness (QED) is 0.469. The molecule has 1 aromatic carbocycles. The maximum absolute atomic E-state index is 10.9. The normalized spacial score (nSPS) is 9.24. The lowest BCUT2D eigenvalue weighted by atomic mass is 10.2. The molecule has 88 valence electrons. The van der Waals surface area contributed by atoms with E-state index in [2.05, 4.69) is 6.58 Å². The number of carbonyl (C=O) groups excluding carboxylic acids is 1. The number of hydrogen-bond acceptors (Lipinski definition) is 4. The van der Waals surface area contributed by atoms with Crippen LogP contribution in [0.3, 0.4) is 0 Å². The van der Waals surface area contributed by atoms with Crippen LogP contribution in [-0.2, 0) is 4.79 Å². The SMILES string of the molecule is C=CCOc1cc(Cl)c(C#N)c(OC(C)=O)c1. The van der Waals surface area contributed by atoms with Crippen molar-refractivity contribution in [1.82, 2.24) is 0 Å². The third-order valence-electron chi connectivity index (χ3n) is 1.76. The summed E-state index contributed by atoms with van der Waals surface area (Å²) in [7, 11) is 0. The molecule has 5 heteroatoms. The van der Waals surface area contributed by atoms with E-state index in [1.165, 1.54) is 19.1 Å². The molecule has 0 N–H and O–H groups in total. The van der Waals surface area contributed by atoms with E-state index in [1.807, 2.05) is 6.07 Å². The summed E-state index contributed by atoms with van der Waals surface area (Å²) >= 11 is 5.88. The fourth-order valence-electron chi connectivity index (χ4n) is 1.14. The van der Waals surface area contributed by atoms with Crippen LogP contribution in [0.25, 0.3) is 0 Å². The fraction of sp³-hybridized carbons (Fsp3) is 0.167. The second-order valence-corrected chi connectivity index (χ2v) is 3.49. The van der Waals surface area contributed by atoms with Crippen LogP contribution in [0.2, 0.25) is 5.02 Å². The molecule has 0 aliphatic carbocycles. The summed E-state index contributed by atoms with van der Waals surface area (Å²) in [5.41, 5.74) is 0.104. The minimum atomic E-state index is -0.529. The maximum atomic E-state index is 10.9. The number of nitriles is 1. The van der Waals surface area contributed by atoms with Crippen molar-refractivity contribution in [3.8, 4) is 17.6 Å². The van der Waals surface area contributed by atoms with Gasteiger partial charge in [0.25, 0.3) is 0 Å². The summed E-state index contributed by atoms with van der Waals surface area (Å²) in [6.45, 7) is 5.04. The van der Waals surface area contributed by atoms with E-state index in [0.29, 0.717) is 12.4 Å². The summed E-state index contributed by atoms with van der Waals surface area (Å²) < 4.78 is 10.1. The summed E-state index contributed by atoms with van der Waals surface area (Å²) in [4.78, 5) is 10.9. The van der Waals surface area contributed by atoms with Crippen LogP contribution in [0.4, 0.5) is 0 Å². The topological polar surface area (TPSA) is 59.3 Å². The second kappa shape index (κ2) is 5.92. The minimum Gasteiger partial charge on any atom is -0.489 e. The number of esters is 1. The van der Waals surface area contributed by atoms with Gasteiger partial charge in [-0.1, -0.05) is 24.3 Å². The van der Waals surface area contributed by atoms with Crippen molar-refractivity contribution in [1.29, 1.82) is 5.26 Å². The Morgan fingerprint density at radius 1 is 1.65 bits per heavy atom. The Balaban J connectivity index is 3.14. The van der Waals surface area contributed by atoms with Crippen molar-refractivity contribution < 1.29 is 14.3 Å². The Morgan fingerprint density at radius 2 is 2.35 bits per heavy atom. The van der Waals surface area contributed by atoms with Gasteiger partial charge in [0.2, 0.25) is 0 Å². The second-order valence-electron chi connectivity index (χ2n) is 3.08. The van der Waals surface area contributed by atoms with Crippen molar-refractivity contribution in [2.75, 3.05) is 6.61 Å². The lowest BCUT2D eigenvalue weighted by molar-refractivity contribution is -0.131. The third-order valence-corrected chi connectivity index (χ3v) is 2.06. The molecule has 0 spiro atoms. The number of hydrogen-bond donors (Lipinski definition) is 0. The Labute approximate surface area is 104 Å². The van der Waals surface area contributed by atoms with Crippen LogP contribution in [0, 0.1) is 11.3 Å². The molecule has 0 bridgehead atoms. The van der Waals surface area contributed by atoms with Gasteiger partial charge in [-0.15, -0.1) is 0 Å². The first-order chi connectivity index (χ1) is 8.08. The first-order valence-corrected chi connectivity index (χ1v) is 5.12. The molecule has 0 atom stereocenters. The lowest BCUT2D eigenvalue weighted by Crippen LogP contribution is -2.04. The van der Waals surface area contributed by atoms with Crippen LogP contribution in [-0.4, -0.2) is 12.6 Å². The molecule has 0 aromatic heterocycles. The van der Waals surface area contributed by atoms with Gasteiger partial charge in [-0.2, -0.15) is 5.26 Å². The van der Waals surface area contributed by atoms with Gasteiger partial charge in [0, 0.05) is 19.1 Å². The molecule has 4 nitrogen and oxygen atoms in total. The molecule has 0 aliphatic heterocycles. The van der Waals surface area contributed by atoms with Crippen molar-refractivity contribution in [2.24, 2.45) is 0 Å². The number of benzene rings is 1. The molecule has 0 amide bonds. The first-order valence-electron chi connectivity index (χ1n) is 4.74. The van der Waals surface area contributed by atoms with E-state index in [-0.39, 0.29) is 16.3 Å². The van der Waals surface area contributed by atoms with E-state index < -0.39 is 5.97 Å². The average Bonchev–Trinajstić information content (AvgIpc) is 2.25. The van der Waals surface area contributed by atoms with Gasteiger partial charge in [0.1, 0.15) is 24.0 Å². The highest BCUT2D eigenvalue weighted by Crippen LogP contribution is 2.31. The van der Waals surface area contributed by atoms with Crippen LogP contribution in [0.15, 0.2) is 24.8 Å². The lowest BCUT2D eigenvalue weighted by Gasteiger charge is -2.09. The van der Waals surface area contributed by atoms with Gasteiger partial charge < -0.3 is 9.47 Å². The van der Waals surface area contributed by atoms with E-state index in [1.54, 1.807) is 6.08 Å². The molecular formula is C12H10ClNO3. The fourth-order valence-corrected chi connectivity index (χ4v) is 1.38. The standard InChI is InChI=1S/C12H10ClNO3/c1-3-4-16-9-5-11(13)10(7-14)12(6-9)17-8(2)15/h3,5-6H,1,4H2,2H3. The van der Waals surface area contributed by atoms with Crippen molar-refractivity contribution in [3.05, 3.63) is 35.4 Å². The molecule has 1 rings (SSSR count). The summed E-state index contributed by atoms with van der Waals surface area (Å²) in [6.07, 6.45) is 1.57. The van der Waals surface area contributed by atoms with E-state index >= 15 is 0 Å². The van der Waals surface area contributed by atoms with Gasteiger partial charge in [0.05, 0.1) is 5.02 Å². The predicted octanol–water partition coefficient (Wildman–Crippen LogP) is 2.70. The smallest absolute Gasteiger partial charge is 0.308 e. The molecule has 17 heavy (non-hydrogen) atoms. The molecule has 0 saturated carbocycles. The summed E-state index contributed by atoms with van der Waals surface area (Å²) in [6, 6.07) is 4.79. The number of nitrogens with zero attached hydrogens (tertiary/aromatic N) is 1. The van der Waals surface area contributed by atoms with Crippen LogP contribution >= 0.6 is 11.6 Å². The van der Waals surface area contributed by atoms with Crippen LogP contribution in [0.5, 0.6) is 11.5 Å². The van der Waals surface area contributed by atoms with Gasteiger partial charge >= 0.3 is 5.97 Å². The Morgan fingerprint density at radius 3 is 2.88 bits per heavy atom. The zero-order valence-electron chi connectivity index (χ0n) is 9.20. The Bertz CT molecular complexity index is 491. The summed E-state index contributed by atoms with van der Waals surface area (Å²) in [5.74, 6) is -0.0323. The highest BCUT2D eigenvalue weighted by Gasteiger charge is 2.13. The number of halogens is 1. The number of ether oxygens (including phenoxy) is 2. The molecular weight excluding hydrogens is 242 g/mol. The zero-order valence-corrected chi connectivity index (χ0v) is 9.95. The van der Waals surface area contributed by atoms with Crippen LogP contribution < -0.4 is 9.47 Å². The van der Waals surface area contributed by atoms with Gasteiger partial charge in [0.15, 0.2) is 5.75 Å². The van der Waals surface area contributed by atoms with Gasteiger partial charge in [-0.3, -0.25) is 4.79 Å². The van der Waals surface area contributed by atoms with E-state index in [0.717, 1.165) is 0 Å². The highest BCUT2D eigenvalue weighted by molar-refractivity contribution is 6.32. The highest BCUT2D eigenvalue weighted by atomic mass is 35.5. The molecule has 0 radical (unpaired) electrons. The molecule has 0 aliphatic rings. The predicted molar refractivity (Wildman–Crippen MR) is 63.2 cm³/mol. The van der Waals surface area contributed by atoms with Crippen LogP contribution in [0.1, 0.15) is 12.5 Å². The zero-order chi connectivity index (χ0) is 12.8. The molecule has 1 aromatic rings. The van der Waals surface area contributed by atoms with E-state index in [9.17, 15) is 4.79 Å². The van der Waals surface area contributed by atoms with Crippen molar-refractivity contribution in [3.63, 3.8) is 0 Å². The minimum absolute atomic E-state index is 0.0894. The number of carbonyl (C=O) groups is 1. The number of rotatable bonds is 4. The summed E-state index contributed by atoms with van der Waals surface area (Å²) in [5, 5.41) is 9.07. The molecule has 0 heterocycles. The maximum Gasteiger partial charge on any atom is 0.308 e. The Hall–Kier alpha value is -1.99. The molecule has 0 fully saturated rings. The van der Waals surface area contributed by atoms with Crippen molar-refractivity contribution in [2.45, 2.75) is 6.92 Å². The monoisotopic (exact) mass is 251 g/mol. The average molecular weight is 252 g/mol. The Kier molecular flexibility index (Phi) is 4.56. The van der Waals surface area contributed by atoms with Gasteiger partial charge in [-0.05, 0) is 0 Å². The first kappa shape index (κ1) is 13.1. The largest absolute Gasteiger partial charge is 0.489 e.